The minimum Gasteiger partial charge on any atom is -0.361 e. The van der Waals surface area contributed by atoms with Gasteiger partial charge in [0.25, 0.3) is 0 Å². The standard InChI is InChI=1S/C17H15FN/c1-2-14(12-6-4-3-5-7-12)15-10-13-8-9-19-17(13)11-16(15)18/h3-11,14,19H,1-2H2. The normalized spacial score (nSPS) is 12.7. The third-order valence-electron chi connectivity index (χ3n) is 3.54. The van der Waals surface area contributed by atoms with E-state index in [0.717, 1.165) is 16.5 Å². The molecule has 0 bridgehead atoms. The Morgan fingerprint density at radius 3 is 2.63 bits per heavy atom. The van der Waals surface area contributed by atoms with Gasteiger partial charge < -0.3 is 4.98 Å². The molecule has 1 unspecified atom stereocenters. The molecule has 0 aliphatic carbocycles. The summed E-state index contributed by atoms with van der Waals surface area (Å²) in [5, 5.41) is 1.03. The van der Waals surface area contributed by atoms with E-state index >= 15 is 0 Å². The molecule has 2 aromatic carbocycles. The van der Waals surface area contributed by atoms with Gasteiger partial charge in [-0.05, 0) is 41.1 Å². The van der Waals surface area contributed by atoms with Crippen LogP contribution in [0, 0.1) is 12.7 Å². The van der Waals surface area contributed by atoms with Crippen LogP contribution < -0.4 is 0 Å². The number of hydrogen-bond acceptors (Lipinski definition) is 0. The van der Waals surface area contributed by atoms with E-state index in [4.69, 9.17) is 0 Å². The maximum absolute atomic E-state index is 14.3. The average Bonchev–Trinajstić information content (AvgIpc) is 2.88. The molecular weight excluding hydrogens is 237 g/mol. The molecule has 0 fully saturated rings. The number of rotatable bonds is 3. The molecule has 1 atom stereocenters. The van der Waals surface area contributed by atoms with E-state index < -0.39 is 0 Å². The molecule has 1 N–H and O–H groups in total. The highest BCUT2D eigenvalue weighted by atomic mass is 19.1. The molecule has 1 nitrogen and oxygen atoms in total. The van der Waals surface area contributed by atoms with Crippen LogP contribution in [-0.2, 0) is 0 Å². The molecule has 95 valence electrons. The van der Waals surface area contributed by atoms with Crippen LogP contribution in [0.4, 0.5) is 4.39 Å². The lowest BCUT2D eigenvalue weighted by Gasteiger charge is -2.17. The zero-order chi connectivity index (χ0) is 13.2. The lowest BCUT2D eigenvalue weighted by Crippen LogP contribution is -2.02. The molecule has 0 saturated heterocycles. The fourth-order valence-corrected chi connectivity index (χ4v) is 2.55. The van der Waals surface area contributed by atoms with Crippen LogP contribution in [0.1, 0.15) is 23.5 Å². The van der Waals surface area contributed by atoms with Crippen molar-refractivity contribution in [3.63, 3.8) is 0 Å². The van der Waals surface area contributed by atoms with Crippen LogP contribution in [0.15, 0.2) is 54.7 Å². The van der Waals surface area contributed by atoms with Gasteiger partial charge in [-0.2, -0.15) is 0 Å². The Kier molecular flexibility index (Phi) is 3.08. The number of halogens is 1. The summed E-state index contributed by atoms with van der Waals surface area (Å²) in [6.07, 6.45) is 2.46. The summed E-state index contributed by atoms with van der Waals surface area (Å²) in [5.74, 6) is -0.173. The summed E-state index contributed by atoms with van der Waals surface area (Å²) in [6.45, 7) is 3.97. The molecule has 0 amide bonds. The van der Waals surface area contributed by atoms with Gasteiger partial charge in [0, 0.05) is 17.6 Å². The van der Waals surface area contributed by atoms with Crippen molar-refractivity contribution >= 4 is 10.9 Å². The zero-order valence-electron chi connectivity index (χ0n) is 10.6. The first-order valence-electron chi connectivity index (χ1n) is 6.40. The van der Waals surface area contributed by atoms with Crippen LogP contribution in [0.25, 0.3) is 10.9 Å². The molecule has 1 heterocycles. The summed E-state index contributed by atoms with van der Waals surface area (Å²) in [4.78, 5) is 3.03. The van der Waals surface area contributed by atoms with E-state index in [0.29, 0.717) is 12.0 Å². The molecule has 3 rings (SSSR count). The van der Waals surface area contributed by atoms with Gasteiger partial charge in [0.05, 0.1) is 0 Å². The number of H-pyrrole nitrogens is 1. The van der Waals surface area contributed by atoms with Crippen LogP contribution in [0.2, 0.25) is 0 Å². The highest BCUT2D eigenvalue weighted by molar-refractivity contribution is 5.80. The summed E-state index contributed by atoms with van der Waals surface area (Å²) >= 11 is 0. The number of hydrogen-bond donors (Lipinski definition) is 1. The van der Waals surface area contributed by atoms with Gasteiger partial charge in [-0.3, -0.25) is 0 Å². The highest BCUT2D eigenvalue weighted by Gasteiger charge is 2.17. The van der Waals surface area contributed by atoms with Gasteiger partial charge in [-0.25, -0.2) is 4.39 Å². The number of nitrogens with one attached hydrogen (secondary N) is 1. The molecular formula is C17H15FN. The number of fused-ring (bicyclic) bond motifs is 1. The molecule has 0 aliphatic heterocycles. The second-order valence-corrected chi connectivity index (χ2v) is 4.69. The SMILES string of the molecule is [CH2]CC(c1ccccc1)c1cc2cc[nH]c2cc1F. The zero-order valence-corrected chi connectivity index (χ0v) is 10.6. The van der Waals surface area contributed by atoms with E-state index in [-0.39, 0.29) is 11.7 Å². The van der Waals surface area contributed by atoms with Crippen LogP contribution in [-0.4, -0.2) is 4.98 Å². The first kappa shape index (κ1) is 12.0. The van der Waals surface area contributed by atoms with Gasteiger partial charge in [-0.1, -0.05) is 37.3 Å². The minimum atomic E-state index is -0.174. The quantitative estimate of drug-likeness (QED) is 0.697. The van der Waals surface area contributed by atoms with E-state index in [2.05, 4.69) is 11.9 Å². The van der Waals surface area contributed by atoms with Crippen molar-refractivity contribution in [2.75, 3.05) is 0 Å². The molecule has 3 aromatic rings. The second-order valence-electron chi connectivity index (χ2n) is 4.69. The number of aromatic nitrogens is 1. The van der Waals surface area contributed by atoms with Gasteiger partial charge in [0.15, 0.2) is 0 Å². The highest BCUT2D eigenvalue weighted by Crippen LogP contribution is 2.31. The van der Waals surface area contributed by atoms with Gasteiger partial charge >= 0.3 is 0 Å². The molecule has 19 heavy (non-hydrogen) atoms. The van der Waals surface area contributed by atoms with Crippen molar-refractivity contribution in [2.45, 2.75) is 12.3 Å². The molecule has 2 heteroatoms. The Morgan fingerprint density at radius 1 is 1.11 bits per heavy atom. The maximum Gasteiger partial charge on any atom is 0.129 e. The topological polar surface area (TPSA) is 15.8 Å². The van der Waals surface area contributed by atoms with Crippen molar-refractivity contribution in [2.24, 2.45) is 0 Å². The lowest BCUT2D eigenvalue weighted by molar-refractivity contribution is 0.598. The lowest BCUT2D eigenvalue weighted by atomic mass is 9.88. The maximum atomic E-state index is 14.3. The summed E-state index contributed by atoms with van der Waals surface area (Å²) < 4.78 is 14.3. The van der Waals surface area contributed by atoms with Crippen molar-refractivity contribution < 1.29 is 4.39 Å². The van der Waals surface area contributed by atoms with Gasteiger partial charge in [0.1, 0.15) is 5.82 Å². The Labute approximate surface area is 112 Å². The summed E-state index contributed by atoms with van der Waals surface area (Å²) in [5.41, 5.74) is 2.65. The molecule has 0 saturated carbocycles. The van der Waals surface area contributed by atoms with E-state index in [9.17, 15) is 4.39 Å². The van der Waals surface area contributed by atoms with E-state index in [1.54, 1.807) is 6.07 Å². The fraction of sp³-hybridized carbons (Fsp3) is 0.118. The smallest absolute Gasteiger partial charge is 0.129 e. The predicted octanol–water partition coefficient (Wildman–Crippen LogP) is 4.66. The average molecular weight is 252 g/mol. The summed E-state index contributed by atoms with van der Waals surface area (Å²) in [7, 11) is 0. The van der Waals surface area contributed by atoms with Crippen molar-refractivity contribution in [3.05, 3.63) is 78.6 Å². The van der Waals surface area contributed by atoms with Gasteiger partial charge in [-0.15, -0.1) is 0 Å². The van der Waals surface area contributed by atoms with Crippen LogP contribution in [0.3, 0.4) is 0 Å². The Bertz CT molecular complexity index is 685. The third-order valence-corrected chi connectivity index (χ3v) is 3.54. The molecule has 0 aliphatic rings. The number of aromatic amines is 1. The third kappa shape index (κ3) is 2.14. The summed E-state index contributed by atoms with van der Waals surface area (Å²) in [6, 6.07) is 15.4. The van der Waals surface area contributed by atoms with E-state index in [1.807, 2.05) is 48.7 Å². The van der Waals surface area contributed by atoms with Crippen molar-refractivity contribution in [3.8, 4) is 0 Å². The Hall–Kier alpha value is -2.09. The first-order valence-corrected chi connectivity index (χ1v) is 6.40. The monoisotopic (exact) mass is 252 g/mol. The number of benzene rings is 2. The second kappa shape index (κ2) is 4.88. The van der Waals surface area contributed by atoms with Crippen molar-refractivity contribution in [1.82, 2.24) is 4.98 Å². The van der Waals surface area contributed by atoms with Crippen molar-refractivity contribution in [1.29, 1.82) is 0 Å². The first-order chi connectivity index (χ1) is 9.29. The molecule has 1 radical (unpaired) electrons. The fourth-order valence-electron chi connectivity index (χ4n) is 2.55. The largest absolute Gasteiger partial charge is 0.361 e. The van der Waals surface area contributed by atoms with Gasteiger partial charge in [0.2, 0.25) is 0 Å². The Balaban J connectivity index is 2.13. The molecule has 1 aromatic heterocycles. The van der Waals surface area contributed by atoms with Crippen LogP contribution in [0.5, 0.6) is 0 Å². The minimum absolute atomic E-state index is 0.000463. The predicted molar refractivity (Wildman–Crippen MR) is 76.5 cm³/mol. The van der Waals surface area contributed by atoms with E-state index in [1.165, 1.54) is 0 Å². The van der Waals surface area contributed by atoms with Crippen LogP contribution >= 0.6 is 0 Å². The Morgan fingerprint density at radius 2 is 1.89 bits per heavy atom. The molecule has 0 spiro atoms.